The van der Waals surface area contributed by atoms with Gasteiger partial charge >= 0.3 is 0 Å². The maximum Gasteiger partial charge on any atom is 0.255 e. The first kappa shape index (κ1) is 17.5. The van der Waals surface area contributed by atoms with Crippen molar-refractivity contribution >= 4 is 12.1 Å². The van der Waals surface area contributed by atoms with Crippen LogP contribution in [0, 0.1) is 0 Å². The van der Waals surface area contributed by atoms with Crippen LogP contribution in [0.25, 0.3) is 11.1 Å². The molecule has 124 valence electrons. The number of hydrogen-bond donors (Lipinski definition) is 2. The lowest BCUT2D eigenvalue weighted by Gasteiger charge is -2.07. The predicted octanol–water partition coefficient (Wildman–Crippen LogP) is 4.40. The minimum absolute atomic E-state index is 0.243. The summed E-state index contributed by atoms with van der Waals surface area (Å²) in [5, 5.41) is 14.1. The molecule has 0 aliphatic heterocycles. The molecule has 1 amide bonds. The van der Waals surface area contributed by atoms with Crippen molar-refractivity contribution in [2.75, 3.05) is 0 Å². The van der Waals surface area contributed by atoms with Crippen LogP contribution in [0.2, 0.25) is 0 Å². The molecular weight excluding hydrogens is 300 g/mol. The molecule has 0 aliphatic rings. The Hall–Kier alpha value is -2.88. The Kier molecular flexibility index (Phi) is 6.32. The molecule has 2 rings (SSSR count). The van der Waals surface area contributed by atoms with Crippen molar-refractivity contribution in [3.63, 3.8) is 0 Å². The van der Waals surface area contributed by atoms with Crippen LogP contribution in [0.3, 0.4) is 0 Å². The lowest BCUT2D eigenvalue weighted by atomic mass is 10.0. The minimum atomic E-state index is -0.243. The maximum atomic E-state index is 12.2. The zero-order valence-corrected chi connectivity index (χ0v) is 14.0. The Labute approximate surface area is 142 Å². The van der Waals surface area contributed by atoms with Crippen molar-refractivity contribution in [2.45, 2.75) is 26.7 Å². The third-order valence-electron chi connectivity index (χ3n) is 3.74. The summed E-state index contributed by atoms with van der Waals surface area (Å²) in [6, 6.07) is 15.9. The largest absolute Gasteiger partial charge is 0.411 e. The highest BCUT2D eigenvalue weighted by atomic mass is 16.4. The van der Waals surface area contributed by atoms with Crippen LogP contribution in [0.1, 0.15) is 36.2 Å². The van der Waals surface area contributed by atoms with Crippen molar-refractivity contribution in [3.8, 4) is 11.1 Å². The molecule has 4 heteroatoms. The number of nitrogens with zero attached hydrogens (tertiary/aromatic N) is 1. The van der Waals surface area contributed by atoms with Crippen molar-refractivity contribution in [1.29, 1.82) is 0 Å². The van der Waals surface area contributed by atoms with E-state index in [9.17, 15) is 4.79 Å². The monoisotopic (exact) mass is 322 g/mol. The summed E-state index contributed by atoms with van der Waals surface area (Å²) >= 11 is 0. The number of hydrogen-bond acceptors (Lipinski definition) is 3. The van der Waals surface area contributed by atoms with Gasteiger partial charge in [-0.1, -0.05) is 61.0 Å². The van der Waals surface area contributed by atoms with Gasteiger partial charge in [-0.05, 0) is 42.2 Å². The molecule has 0 bridgehead atoms. The van der Waals surface area contributed by atoms with Crippen LogP contribution in [0.15, 0.2) is 65.5 Å². The average molecular weight is 322 g/mol. The smallest absolute Gasteiger partial charge is 0.255 e. The summed E-state index contributed by atoms with van der Waals surface area (Å²) in [7, 11) is 0. The zero-order valence-electron chi connectivity index (χ0n) is 14.0. The fraction of sp³-hybridized carbons (Fsp3) is 0.200. The molecule has 0 aromatic heterocycles. The van der Waals surface area contributed by atoms with E-state index >= 15 is 0 Å². The van der Waals surface area contributed by atoms with Gasteiger partial charge in [-0.3, -0.25) is 4.79 Å². The quantitative estimate of drug-likeness (QED) is 0.470. The molecular formula is C20H22N2O2. The summed E-state index contributed by atoms with van der Waals surface area (Å²) in [6.07, 6.45) is 5.07. The first-order chi connectivity index (χ1) is 11.7. The molecule has 0 heterocycles. The van der Waals surface area contributed by atoms with Gasteiger partial charge in [0.05, 0.1) is 11.9 Å². The lowest BCUT2D eigenvalue weighted by molar-refractivity contribution is 0.0968. The summed E-state index contributed by atoms with van der Waals surface area (Å²) in [5.41, 5.74) is 4.52. The van der Waals surface area contributed by atoms with Crippen LogP contribution >= 0.6 is 0 Å². The molecule has 2 aromatic carbocycles. The molecule has 0 atom stereocenters. The van der Waals surface area contributed by atoms with Gasteiger partial charge in [0, 0.05) is 5.56 Å². The Morgan fingerprint density at radius 1 is 1.08 bits per heavy atom. The maximum absolute atomic E-state index is 12.2. The van der Waals surface area contributed by atoms with Crippen LogP contribution < -0.4 is 5.32 Å². The Balaban J connectivity index is 2.11. The van der Waals surface area contributed by atoms with E-state index in [-0.39, 0.29) is 5.91 Å². The topological polar surface area (TPSA) is 61.7 Å². The number of carbonyl (C=O) groups excluding carboxylic acids is 1. The predicted molar refractivity (Wildman–Crippen MR) is 97.4 cm³/mol. The van der Waals surface area contributed by atoms with E-state index in [0.717, 1.165) is 24.0 Å². The second-order valence-electron chi connectivity index (χ2n) is 5.47. The van der Waals surface area contributed by atoms with E-state index in [1.54, 1.807) is 25.1 Å². The average Bonchev–Trinajstić information content (AvgIpc) is 2.62. The molecule has 0 saturated heterocycles. The standard InChI is InChI=1S/C20H22N2O2/c1-3-5-15-6-8-16(9-7-15)17-10-12-18(13-11-17)20(23)22-19(4-2)14-21-24/h4,6-14,24H,3,5H2,1-2H3,(H,22,23)/b19-4+,21-14+. The Bertz CT molecular complexity index is 729. The fourth-order valence-electron chi connectivity index (χ4n) is 2.41. The number of oxime groups is 1. The summed E-state index contributed by atoms with van der Waals surface area (Å²) < 4.78 is 0. The number of nitrogens with one attached hydrogen (secondary N) is 1. The molecule has 0 unspecified atom stereocenters. The molecule has 0 saturated carbocycles. The first-order valence-electron chi connectivity index (χ1n) is 8.02. The van der Waals surface area contributed by atoms with Crippen molar-refractivity contribution in [2.24, 2.45) is 5.16 Å². The van der Waals surface area contributed by atoms with Crippen LogP contribution in [-0.4, -0.2) is 17.3 Å². The van der Waals surface area contributed by atoms with Crippen molar-refractivity contribution in [1.82, 2.24) is 5.32 Å². The number of benzene rings is 2. The number of amides is 1. The summed E-state index contributed by atoms with van der Waals surface area (Å²) in [6.45, 7) is 3.92. The van der Waals surface area contributed by atoms with Gasteiger partial charge in [0.1, 0.15) is 0 Å². The Morgan fingerprint density at radius 3 is 2.17 bits per heavy atom. The van der Waals surface area contributed by atoms with Gasteiger partial charge in [-0.15, -0.1) is 0 Å². The zero-order chi connectivity index (χ0) is 17.4. The molecule has 24 heavy (non-hydrogen) atoms. The number of rotatable bonds is 6. The minimum Gasteiger partial charge on any atom is -0.411 e. The number of aryl methyl sites for hydroxylation is 1. The molecule has 2 N–H and O–H groups in total. The van der Waals surface area contributed by atoms with E-state index in [1.807, 2.05) is 12.1 Å². The van der Waals surface area contributed by atoms with Gasteiger partial charge in [0.2, 0.25) is 0 Å². The van der Waals surface area contributed by atoms with Crippen LogP contribution in [0.5, 0.6) is 0 Å². The van der Waals surface area contributed by atoms with Gasteiger partial charge in [0.25, 0.3) is 5.91 Å². The third-order valence-corrected chi connectivity index (χ3v) is 3.74. The van der Waals surface area contributed by atoms with E-state index in [1.165, 1.54) is 11.8 Å². The van der Waals surface area contributed by atoms with E-state index in [0.29, 0.717) is 11.3 Å². The normalized spacial score (nSPS) is 11.7. The van der Waals surface area contributed by atoms with Crippen LogP contribution in [-0.2, 0) is 6.42 Å². The second kappa shape index (κ2) is 8.67. The lowest BCUT2D eigenvalue weighted by Crippen LogP contribution is -2.23. The highest BCUT2D eigenvalue weighted by Gasteiger charge is 2.07. The Morgan fingerprint density at radius 2 is 1.67 bits per heavy atom. The van der Waals surface area contributed by atoms with Crippen LogP contribution in [0.4, 0.5) is 0 Å². The summed E-state index contributed by atoms with van der Waals surface area (Å²) in [4.78, 5) is 12.2. The van der Waals surface area contributed by atoms with Crippen molar-refractivity contribution in [3.05, 3.63) is 71.4 Å². The van der Waals surface area contributed by atoms with Gasteiger partial charge in [-0.2, -0.15) is 0 Å². The molecule has 0 aliphatic carbocycles. The molecule has 2 aromatic rings. The number of allylic oxidation sites excluding steroid dienone is 2. The molecule has 0 fully saturated rings. The molecule has 0 spiro atoms. The van der Waals surface area contributed by atoms with Gasteiger partial charge in [0.15, 0.2) is 0 Å². The van der Waals surface area contributed by atoms with Gasteiger partial charge < -0.3 is 10.5 Å². The number of carbonyl (C=O) groups is 1. The summed E-state index contributed by atoms with van der Waals surface area (Å²) in [5.74, 6) is -0.243. The fourth-order valence-corrected chi connectivity index (χ4v) is 2.41. The second-order valence-corrected chi connectivity index (χ2v) is 5.47. The van der Waals surface area contributed by atoms with Gasteiger partial charge in [-0.25, -0.2) is 0 Å². The van der Waals surface area contributed by atoms with Crippen molar-refractivity contribution < 1.29 is 10.0 Å². The highest BCUT2D eigenvalue weighted by molar-refractivity contribution is 5.99. The van der Waals surface area contributed by atoms with E-state index < -0.39 is 0 Å². The van der Waals surface area contributed by atoms with E-state index in [2.05, 4.69) is 41.7 Å². The first-order valence-corrected chi connectivity index (χ1v) is 8.02. The molecule has 0 radical (unpaired) electrons. The molecule has 4 nitrogen and oxygen atoms in total. The highest BCUT2D eigenvalue weighted by Crippen LogP contribution is 2.21. The SMILES string of the molecule is C/C=C(\C=N\O)NC(=O)c1ccc(-c2ccc(CCC)cc2)cc1. The third kappa shape index (κ3) is 4.56. The van der Waals surface area contributed by atoms with E-state index in [4.69, 9.17) is 5.21 Å².